The van der Waals surface area contributed by atoms with Gasteiger partial charge < -0.3 is 4.74 Å². The van der Waals surface area contributed by atoms with Gasteiger partial charge in [0.15, 0.2) is 5.16 Å². The van der Waals surface area contributed by atoms with Crippen molar-refractivity contribution in [2.24, 2.45) is 0 Å². The van der Waals surface area contributed by atoms with Crippen molar-refractivity contribution in [1.82, 2.24) is 14.8 Å². The molecule has 138 valence electrons. The molecule has 0 atom stereocenters. The van der Waals surface area contributed by atoms with E-state index in [9.17, 15) is 4.79 Å². The van der Waals surface area contributed by atoms with Crippen molar-refractivity contribution in [3.8, 4) is 0 Å². The molecule has 1 heterocycles. The molecule has 0 fully saturated rings. The fourth-order valence-electron chi connectivity index (χ4n) is 2.77. The summed E-state index contributed by atoms with van der Waals surface area (Å²) in [6.45, 7) is 12.3. The van der Waals surface area contributed by atoms with Crippen LogP contribution in [-0.2, 0) is 22.4 Å². The summed E-state index contributed by atoms with van der Waals surface area (Å²) in [5.41, 5.74) is 5.24. The first-order valence-corrected chi connectivity index (χ1v) is 9.60. The van der Waals surface area contributed by atoms with Crippen molar-refractivity contribution in [3.05, 3.63) is 44.9 Å². The lowest BCUT2D eigenvalue weighted by Crippen LogP contribution is -2.18. The summed E-state index contributed by atoms with van der Waals surface area (Å²) >= 11 is 1.60. The Morgan fingerprint density at radius 2 is 1.88 bits per heavy atom. The zero-order valence-corrected chi connectivity index (χ0v) is 16.9. The molecule has 0 aliphatic carbocycles. The highest BCUT2D eigenvalue weighted by Gasteiger charge is 2.17. The average molecular weight is 364 g/mol. The van der Waals surface area contributed by atoms with Crippen LogP contribution in [-0.4, -0.2) is 28.5 Å². The lowest BCUT2D eigenvalue weighted by molar-refractivity contribution is 0.189. The molecule has 0 amide bonds. The molecule has 0 unspecified atom stereocenters. The molecule has 0 aliphatic rings. The van der Waals surface area contributed by atoms with Gasteiger partial charge >= 0.3 is 5.69 Å². The highest BCUT2D eigenvalue weighted by Crippen LogP contribution is 2.30. The van der Waals surface area contributed by atoms with E-state index in [1.54, 1.807) is 23.4 Å². The van der Waals surface area contributed by atoms with Gasteiger partial charge in [-0.1, -0.05) is 44.7 Å². The van der Waals surface area contributed by atoms with Gasteiger partial charge in [-0.3, -0.25) is 4.57 Å². The third kappa shape index (κ3) is 4.98. The number of nitrogens with zero attached hydrogens (tertiary/aromatic N) is 2. The number of hydrogen-bond acceptors (Lipinski definition) is 4. The van der Waals surface area contributed by atoms with E-state index in [4.69, 9.17) is 4.74 Å². The van der Waals surface area contributed by atoms with Crippen LogP contribution >= 0.6 is 11.8 Å². The third-order valence-corrected chi connectivity index (χ3v) is 5.36. The average Bonchev–Trinajstić information content (AvgIpc) is 2.86. The van der Waals surface area contributed by atoms with Crippen molar-refractivity contribution < 1.29 is 4.74 Å². The summed E-state index contributed by atoms with van der Waals surface area (Å²) in [4.78, 5) is 11.9. The molecule has 2 aromatic rings. The van der Waals surface area contributed by atoms with Gasteiger partial charge in [0, 0.05) is 26.0 Å². The Morgan fingerprint density at radius 1 is 1.24 bits per heavy atom. The molecular formula is C19H29N3O2S. The summed E-state index contributed by atoms with van der Waals surface area (Å²) in [5, 5.41) is 7.46. The molecule has 1 N–H and O–H groups in total. The predicted molar refractivity (Wildman–Crippen MR) is 104 cm³/mol. The van der Waals surface area contributed by atoms with E-state index in [0.717, 1.165) is 17.3 Å². The smallest absolute Gasteiger partial charge is 0.343 e. The number of ether oxygens (including phenoxy) is 1. The predicted octanol–water partition coefficient (Wildman–Crippen LogP) is 3.81. The van der Waals surface area contributed by atoms with Crippen LogP contribution in [0.5, 0.6) is 0 Å². The van der Waals surface area contributed by atoms with E-state index in [-0.39, 0.29) is 11.1 Å². The van der Waals surface area contributed by atoms with Gasteiger partial charge in [-0.25, -0.2) is 9.89 Å². The Labute approximate surface area is 154 Å². The van der Waals surface area contributed by atoms with Crippen molar-refractivity contribution in [2.45, 2.75) is 63.9 Å². The minimum Gasteiger partial charge on any atom is -0.385 e. The molecular weight excluding hydrogens is 334 g/mol. The molecule has 0 radical (unpaired) electrons. The Hall–Kier alpha value is -1.53. The van der Waals surface area contributed by atoms with Crippen LogP contribution in [0, 0.1) is 13.8 Å². The molecule has 0 saturated carbocycles. The van der Waals surface area contributed by atoms with E-state index < -0.39 is 0 Å². The summed E-state index contributed by atoms with van der Waals surface area (Å²) in [5.74, 6) is 0.802. The van der Waals surface area contributed by atoms with Crippen LogP contribution in [0.1, 0.15) is 49.4 Å². The molecule has 25 heavy (non-hydrogen) atoms. The van der Waals surface area contributed by atoms with Crippen LogP contribution in [0.3, 0.4) is 0 Å². The highest BCUT2D eigenvalue weighted by atomic mass is 32.2. The molecule has 1 aromatic carbocycles. The fourth-order valence-corrected chi connectivity index (χ4v) is 3.94. The first kappa shape index (κ1) is 19.8. The minimum absolute atomic E-state index is 0.144. The standard InChI is InChI=1S/C19H29N3O2S/c1-13-10-15(19(3,4)5)11-14(2)16(13)12-25-18-21-20-17(23)22(18)8-7-9-24-6/h10-11H,7-9,12H2,1-6H3,(H,20,23). The summed E-state index contributed by atoms with van der Waals surface area (Å²) in [6.07, 6.45) is 0.793. The molecule has 0 aliphatic heterocycles. The second-order valence-corrected chi connectivity index (χ2v) is 8.38. The number of methoxy groups -OCH3 is 1. The first-order chi connectivity index (χ1) is 11.7. The number of nitrogens with one attached hydrogen (secondary N) is 1. The molecule has 2 rings (SSSR count). The normalized spacial score (nSPS) is 11.9. The molecule has 1 aromatic heterocycles. The number of thioether (sulfide) groups is 1. The second kappa shape index (κ2) is 8.23. The molecule has 0 saturated heterocycles. The molecule has 0 bridgehead atoms. The number of aromatic nitrogens is 3. The van der Waals surface area contributed by atoms with Gasteiger partial charge in [-0.05, 0) is 47.9 Å². The Kier molecular flexibility index (Phi) is 6.52. The van der Waals surface area contributed by atoms with Gasteiger partial charge in [0.1, 0.15) is 0 Å². The van der Waals surface area contributed by atoms with Crippen molar-refractivity contribution in [2.75, 3.05) is 13.7 Å². The van der Waals surface area contributed by atoms with Gasteiger partial charge in [-0.2, -0.15) is 0 Å². The Bertz CT molecular complexity index is 749. The van der Waals surface area contributed by atoms with E-state index in [0.29, 0.717) is 13.2 Å². The van der Waals surface area contributed by atoms with Crippen LogP contribution in [0.25, 0.3) is 0 Å². The van der Waals surface area contributed by atoms with Crippen molar-refractivity contribution in [3.63, 3.8) is 0 Å². The summed E-state index contributed by atoms with van der Waals surface area (Å²) in [7, 11) is 1.67. The van der Waals surface area contributed by atoms with Gasteiger partial charge in [0.05, 0.1) is 0 Å². The van der Waals surface area contributed by atoms with E-state index in [1.165, 1.54) is 22.3 Å². The maximum atomic E-state index is 11.9. The first-order valence-electron chi connectivity index (χ1n) is 8.61. The number of rotatable bonds is 7. The van der Waals surface area contributed by atoms with Crippen LogP contribution in [0.4, 0.5) is 0 Å². The van der Waals surface area contributed by atoms with Gasteiger partial charge in [0.25, 0.3) is 0 Å². The molecule has 5 nitrogen and oxygen atoms in total. The second-order valence-electron chi connectivity index (χ2n) is 7.44. The SMILES string of the molecule is COCCCn1c(SCc2c(C)cc(C(C)(C)C)cc2C)n[nH]c1=O. The summed E-state index contributed by atoms with van der Waals surface area (Å²) < 4.78 is 6.76. The Morgan fingerprint density at radius 3 is 2.44 bits per heavy atom. The topological polar surface area (TPSA) is 59.9 Å². The number of hydrogen-bond donors (Lipinski definition) is 1. The van der Waals surface area contributed by atoms with E-state index in [2.05, 4.69) is 56.9 Å². The van der Waals surface area contributed by atoms with E-state index in [1.807, 2.05) is 0 Å². The van der Waals surface area contributed by atoms with Crippen molar-refractivity contribution in [1.29, 1.82) is 0 Å². The van der Waals surface area contributed by atoms with Crippen LogP contribution in [0.15, 0.2) is 22.1 Å². The number of benzene rings is 1. The molecule has 0 spiro atoms. The largest absolute Gasteiger partial charge is 0.385 e. The van der Waals surface area contributed by atoms with Crippen molar-refractivity contribution >= 4 is 11.8 Å². The maximum Gasteiger partial charge on any atom is 0.343 e. The number of aryl methyl sites for hydroxylation is 2. The minimum atomic E-state index is -0.157. The Balaban J connectivity index is 2.16. The third-order valence-electron chi connectivity index (χ3n) is 4.36. The van der Waals surface area contributed by atoms with Gasteiger partial charge in [-0.15, -0.1) is 5.10 Å². The number of aromatic amines is 1. The summed E-state index contributed by atoms with van der Waals surface area (Å²) in [6, 6.07) is 4.55. The maximum absolute atomic E-state index is 11.9. The monoisotopic (exact) mass is 363 g/mol. The highest BCUT2D eigenvalue weighted by molar-refractivity contribution is 7.98. The number of H-pyrrole nitrogens is 1. The molecule has 6 heteroatoms. The van der Waals surface area contributed by atoms with Crippen LogP contribution in [0.2, 0.25) is 0 Å². The lowest BCUT2D eigenvalue weighted by Gasteiger charge is -2.22. The lowest BCUT2D eigenvalue weighted by atomic mass is 9.84. The van der Waals surface area contributed by atoms with E-state index >= 15 is 0 Å². The fraction of sp³-hybridized carbons (Fsp3) is 0.579. The van der Waals surface area contributed by atoms with Crippen LogP contribution < -0.4 is 5.69 Å². The zero-order chi connectivity index (χ0) is 18.6. The quantitative estimate of drug-likeness (QED) is 0.600. The van der Waals surface area contributed by atoms with Gasteiger partial charge in [0.2, 0.25) is 0 Å². The zero-order valence-electron chi connectivity index (χ0n) is 16.1.